The van der Waals surface area contributed by atoms with Crippen LogP contribution in [0.2, 0.25) is 0 Å². The fourth-order valence-electron chi connectivity index (χ4n) is 1.32. The Balaban J connectivity index is 3.45. The number of nitrogens with one attached hydrogen (secondary N) is 1. The fourth-order valence-corrected chi connectivity index (χ4v) is 1.32. The first-order valence-corrected chi connectivity index (χ1v) is 5.43. The normalized spacial score (nSPS) is 10.6. The molecule has 84 valence electrons. The van der Waals surface area contributed by atoms with E-state index in [9.17, 15) is 4.79 Å². The van der Waals surface area contributed by atoms with Crippen LogP contribution in [0.5, 0.6) is 0 Å². The molecule has 0 fully saturated rings. The van der Waals surface area contributed by atoms with Crippen LogP contribution in [0.1, 0.15) is 26.7 Å². The Morgan fingerprint density at radius 3 is 2.57 bits per heavy atom. The van der Waals surface area contributed by atoms with Gasteiger partial charge in [-0.2, -0.15) is 0 Å². The van der Waals surface area contributed by atoms with Crippen molar-refractivity contribution in [2.45, 2.75) is 26.7 Å². The first-order valence-electron chi connectivity index (χ1n) is 5.43. The van der Waals surface area contributed by atoms with Crippen LogP contribution in [-0.4, -0.2) is 43.5 Å². The molecule has 0 atom stereocenters. The highest BCUT2D eigenvalue weighted by Crippen LogP contribution is 1.89. The van der Waals surface area contributed by atoms with E-state index in [0.717, 1.165) is 32.6 Å². The number of amides is 1. The molecule has 0 saturated carbocycles. The third kappa shape index (κ3) is 6.86. The molecule has 4 heteroatoms. The number of rotatable bonds is 8. The monoisotopic (exact) mass is 201 g/mol. The highest BCUT2D eigenvalue weighted by Gasteiger charge is 2.02. The van der Waals surface area contributed by atoms with Gasteiger partial charge in [0.25, 0.3) is 0 Å². The van der Waals surface area contributed by atoms with Crippen LogP contribution in [0.15, 0.2) is 0 Å². The van der Waals surface area contributed by atoms with Crippen molar-refractivity contribution in [1.82, 2.24) is 10.2 Å². The highest BCUT2D eigenvalue weighted by molar-refractivity contribution is 5.75. The predicted molar refractivity (Wildman–Crippen MR) is 59.1 cm³/mol. The van der Waals surface area contributed by atoms with E-state index in [1.54, 1.807) is 0 Å². The Labute approximate surface area is 86.8 Å². The van der Waals surface area contributed by atoms with E-state index >= 15 is 0 Å². The van der Waals surface area contributed by atoms with E-state index in [2.05, 4.69) is 24.1 Å². The van der Waals surface area contributed by atoms with Gasteiger partial charge in [0.15, 0.2) is 0 Å². The van der Waals surface area contributed by atoms with Gasteiger partial charge >= 0.3 is 0 Å². The van der Waals surface area contributed by atoms with E-state index in [1.807, 2.05) is 0 Å². The highest BCUT2D eigenvalue weighted by atomic mass is 16.1. The van der Waals surface area contributed by atoms with E-state index in [-0.39, 0.29) is 5.91 Å². The molecule has 0 aliphatic carbocycles. The van der Waals surface area contributed by atoms with Crippen molar-refractivity contribution in [2.24, 2.45) is 5.73 Å². The lowest BCUT2D eigenvalue weighted by Gasteiger charge is -2.19. The first-order chi connectivity index (χ1) is 6.74. The van der Waals surface area contributed by atoms with E-state index in [4.69, 9.17) is 5.73 Å². The third-order valence-electron chi connectivity index (χ3n) is 2.11. The number of nitrogens with zero attached hydrogens (tertiary/aromatic N) is 1. The molecule has 0 bridgehead atoms. The molecule has 0 aromatic rings. The van der Waals surface area contributed by atoms with Crippen molar-refractivity contribution in [3.05, 3.63) is 0 Å². The Morgan fingerprint density at radius 2 is 2.07 bits per heavy atom. The molecule has 0 unspecified atom stereocenters. The second kappa shape index (κ2) is 8.97. The van der Waals surface area contributed by atoms with E-state index in [1.165, 1.54) is 0 Å². The van der Waals surface area contributed by atoms with Crippen molar-refractivity contribution in [3.63, 3.8) is 0 Å². The van der Waals surface area contributed by atoms with Crippen LogP contribution in [0.25, 0.3) is 0 Å². The lowest BCUT2D eigenvalue weighted by molar-refractivity contribution is -0.120. The maximum absolute atomic E-state index is 11.1. The van der Waals surface area contributed by atoms with Gasteiger partial charge in [0.1, 0.15) is 0 Å². The lowest BCUT2D eigenvalue weighted by Crippen LogP contribution is -2.35. The van der Waals surface area contributed by atoms with Gasteiger partial charge in [-0.1, -0.05) is 13.8 Å². The smallest absolute Gasteiger partial charge is 0.221 e. The maximum Gasteiger partial charge on any atom is 0.221 e. The number of likely N-dealkylation sites (N-methyl/N-ethyl adjacent to an activating group) is 1. The van der Waals surface area contributed by atoms with Crippen LogP contribution in [0.4, 0.5) is 0 Å². The number of hydrogen-bond donors (Lipinski definition) is 2. The minimum absolute atomic E-state index is 0.0556. The summed E-state index contributed by atoms with van der Waals surface area (Å²) in [5.74, 6) is 0.0556. The molecular formula is C10H23N3O. The lowest BCUT2D eigenvalue weighted by atomic mass is 10.3. The minimum atomic E-state index is 0.0556. The fraction of sp³-hybridized carbons (Fsp3) is 0.900. The second-order valence-corrected chi connectivity index (χ2v) is 3.32. The zero-order valence-corrected chi connectivity index (χ0v) is 9.38. The zero-order valence-electron chi connectivity index (χ0n) is 9.38. The molecule has 0 radical (unpaired) electrons. The van der Waals surface area contributed by atoms with Crippen LogP contribution in [-0.2, 0) is 4.79 Å². The standard InChI is InChI=1S/C10H23N3O/c1-3-8-13(4-2)9-7-12-10(14)5-6-11/h3-9,11H2,1-2H3,(H,12,14). The number of hydrogen-bond acceptors (Lipinski definition) is 3. The molecule has 4 nitrogen and oxygen atoms in total. The SMILES string of the molecule is CCCN(CC)CCNC(=O)CCN. The first kappa shape index (κ1) is 13.4. The summed E-state index contributed by atoms with van der Waals surface area (Å²) >= 11 is 0. The van der Waals surface area contributed by atoms with Gasteiger partial charge in [-0.3, -0.25) is 4.79 Å². The largest absolute Gasteiger partial charge is 0.355 e. The molecular weight excluding hydrogens is 178 g/mol. The predicted octanol–water partition coefficient (Wildman–Crippen LogP) is 0.183. The molecule has 1 amide bonds. The minimum Gasteiger partial charge on any atom is -0.355 e. The van der Waals surface area contributed by atoms with Crippen LogP contribution >= 0.6 is 0 Å². The summed E-state index contributed by atoms with van der Waals surface area (Å²) in [6.07, 6.45) is 1.59. The molecule has 3 N–H and O–H groups in total. The van der Waals surface area contributed by atoms with Gasteiger partial charge in [-0.25, -0.2) is 0 Å². The van der Waals surface area contributed by atoms with Crippen molar-refractivity contribution in [2.75, 3.05) is 32.7 Å². The Morgan fingerprint density at radius 1 is 1.36 bits per heavy atom. The average molecular weight is 201 g/mol. The van der Waals surface area contributed by atoms with Gasteiger partial charge in [0.05, 0.1) is 0 Å². The van der Waals surface area contributed by atoms with Crippen molar-refractivity contribution in [3.8, 4) is 0 Å². The zero-order chi connectivity index (χ0) is 10.8. The maximum atomic E-state index is 11.1. The summed E-state index contributed by atoms with van der Waals surface area (Å²) < 4.78 is 0. The molecule has 0 aromatic carbocycles. The van der Waals surface area contributed by atoms with Gasteiger partial charge in [0, 0.05) is 26.1 Å². The van der Waals surface area contributed by atoms with Crippen molar-refractivity contribution in [1.29, 1.82) is 0 Å². The molecule has 0 aliphatic heterocycles. The average Bonchev–Trinajstić information content (AvgIpc) is 2.17. The van der Waals surface area contributed by atoms with Gasteiger partial charge < -0.3 is 16.0 Å². The number of carbonyl (C=O) groups excluding carboxylic acids is 1. The summed E-state index contributed by atoms with van der Waals surface area (Å²) in [5, 5.41) is 2.85. The summed E-state index contributed by atoms with van der Waals surface area (Å²) in [5.41, 5.74) is 5.26. The second-order valence-electron chi connectivity index (χ2n) is 3.32. The molecule has 0 heterocycles. The third-order valence-corrected chi connectivity index (χ3v) is 2.11. The van der Waals surface area contributed by atoms with Gasteiger partial charge in [0.2, 0.25) is 5.91 Å². The van der Waals surface area contributed by atoms with Gasteiger partial charge in [-0.15, -0.1) is 0 Å². The molecule has 0 spiro atoms. The van der Waals surface area contributed by atoms with Crippen molar-refractivity contribution < 1.29 is 4.79 Å². The molecule has 0 saturated heterocycles. The van der Waals surface area contributed by atoms with E-state index in [0.29, 0.717) is 13.0 Å². The summed E-state index contributed by atoms with van der Waals surface area (Å²) in [6.45, 7) is 8.53. The Kier molecular flexibility index (Phi) is 8.57. The summed E-state index contributed by atoms with van der Waals surface area (Å²) in [7, 11) is 0. The van der Waals surface area contributed by atoms with E-state index < -0.39 is 0 Å². The molecule has 0 aromatic heterocycles. The summed E-state index contributed by atoms with van der Waals surface area (Å²) in [4.78, 5) is 13.4. The molecule has 0 aliphatic rings. The van der Waals surface area contributed by atoms with Gasteiger partial charge in [-0.05, 0) is 19.5 Å². The Bertz CT molecular complexity index is 150. The summed E-state index contributed by atoms with van der Waals surface area (Å²) in [6, 6.07) is 0. The van der Waals surface area contributed by atoms with Crippen LogP contribution in [0.3, 0.4) is 0 Å². The number of nitrogens with two attached hydrogens (primary N) is 1. The quantitative estimate of drug-likeness (QED) is 0.589. The molecule has 14 heavy (non-hydrogen) atoms. The van der Waals surface area contributed by atoms with Crippen LogP contribution < -0.4 is 11.1 Å². The van der Waals surface area contributed by atoms with Crippen LogP contribution in [0, 0.1) is 0 Å². The van der Waals surface area contributed by atoms with Crippen molar-refractivity contribution >= 4 is 5.91 Å². The Hall–Kier alpha value is -0.610. The number of carbonyl (C=O) groups is 1. The molecule has 0 rings (SSSR count). The topological polar surface area (TPSA) is 58.4 Å².